The number of epoxide rings is 2. The molecule has 2 saturated heterocycles. The van der Waals surface area contributed by atoms with Gasteiger partial charge in [-0.1, -0.05) is 39.0 Å². The predicted octanol–water partition coefficient (Wildman–Crippen LogP) is 4.13. The molecule has 2 aromatic carbocycles. The molecular formula is C24H34ClN3O9S. The van der Waals surface area contributed by atoms with E-state index in [1.54, 1.807) is 12.1 Å². The molecule has 2 aliphatic rings. The highest BCUT2D eigenvalue weighted by atomic mass is 35.7. The molecule has 0 unspecified atom stereocenters. The first-order valence-electron chi connectivity index (χ1n) is 12.0. The van der Waals surface area contributed by atoms with Gasteiger partial charge in [0.05, 0.1) is 27.5 Å². The number of halogens is 1. The van der Waals surface area contributed by atoms with Crippen LogP contribution in [0.4, 0.5) is 11.4 Å². The van der Waals surface area contributed by atoms with Gasteiger partial charge >= 0.3 is 0 Å². The zero-order valence-electron chi connectivity index (χ0n) is 21.6. The van der Waals surface area contributed by atoms with Crippen LogP contribution in [0.25, 0.3) is 0 Å². The number of benzene rings is 2. The molecule has 0 radical (unpaired) electrons. The van der Waals surface area contributed by atoms with E-state index in [1.807, 2.05) is 6.07 Å². The molecule has 2 atom stereocenters. The van der Waals surface area contributed by atoms with Crippen LogP contribution in [-0.2, 0) is 24.9 Å². The first-order chi connectivity index (χ1) is 17.9. The van der Waals surface area contributed by atoms with Crippen LogP contribution in [0.3, 0.4) is 0 Å². The van der Waals surface area contributed by atoms with Gasteiger partial charge in [-0.25, -0.2) is 8.42 Å². The van der Waals surface area contributed by atoms with E-state index < -0.39 is 20.3 Å². The second kappa shape index (κ2) is 17.0. The average molecular weight is 576 g/mol. The van der Waals surface area contributed by atoms with Crippen molar-refractivity contribution in [3.05, 3.63) is 74.3 Å². The summed E-state index contributed by atoms with van der Waals surface area (Å²) in [6.07, 6.45) is 1.78. The molecule has 14 heteroatoms. The number of ether oxygens (including phenoxy) is 2. The van der Waals surface area contributed by atoms with Crippen LogP contribution in [0, 0.1) is 20.2 Å². The van der Waals surface area contributed by atoms with Gasteiger partial charge < -0.3 is 19.5 Å². The van der Waals surface area contributed by atoms with Gasteiger partial charge in [0.25, 0.3) is 20.4 Å². The summed E-state index contributed by atoms with van der Waals surface area (Å²) in [6.45, 7) is 11.5. The minimum absolute atomic E-state index is 0.166. The molecule has 212 valence electrons. The van der Waals surface area contributed by atoms with Crippen LogP contribution < -0.4 is 0 Å². The molecule has 0 aromatic heterocycles. The van der Waals surface area contributed by atoms with Crippen molar-refractivity contribution in [1.29, 1.82) is 0 Å². The van der Waals surface area contributed by atoms with Gasteiger partial charge in [-0.3, -0.25) is 20.2 Å². The number of nitro groups is 2. The van der Waals surface area contributed by atoms with Crippen molar-refractivity contribution in [2.75, 3.05) is 32.8 Å². The summed E-state index contributed by atoms with van der Waals surface area (Å²) in [5.41, 5.74) is 0.871. The average Bonchev–Trinajstić information content (AvgIpc) is 3.83. The Hall–Kier alpha value is -2.68. The number of non-ortho nitro benzene ring substituents is 2. The molecule has 0 spiro atoms. The summed E-state index contributed by atoms with van der Waals surface area (Å²) in [5.74, 6) is 0. The smallest absolute Gasteiger partial charge is 0.270 e. The second-order valence-corrected chi connectivity index (χ2v) is 10.6. The quantitative estimate of drug-likeness (QED) is 0.198. The Morgan fingerprint density at radius 2 is 1.42 bits per heavy atom. The highest BCUT2D eigenvalue weighted by Crippen LogP contribution is 2.20. The standard InChI is InChI=1S/C10H11NO3.C6H4ClNO4S.C6H15N.C2H4O2/c12-11(13)9-3-1-2-8(6-9)4-5-10-7-14-10;7-13(11,12)6-3-1-2-5(4-6)8(9)10;1-4-7(5-2)6-3;3-2-1-4-2/h1-3,6,10H,4-5,7H2;1-4H;4-6H2,1-3H3;2-3H,1H2/t10-;;;2-/m1..0/s1. The Labute approximate surface area is 226 Å². The van der Waals surface area contributed by atoms with Gasteiger partial charge in [-0.05, 0) is 44.1 Å². The van der Waals surface area contributed by atoms with E-state index >= 15 is 0 Å². The molecule has 0 aliphatic carbocycles. The lowest BCUT2D eigenvalue weighted by Crippen LogP contribution is -2.21. The molecule has 2 fully saturated rings. The third-order valence-corrected chi connectivity index (χ3v) is 6.60. The lowest BCUT2D eigenvalue weighted by molar-refractivity contribution is -0.385. The van der Waals surface area contributed by atoms with Gasteiger partial charge in [-0.2, -0.15) is 0 Å². The Bertz CT molecular complexity index is 1120. The number of aryl methyl sites for hydroxylation is 1. The summed E-state index contributed by atoms with van der Waals surface area (Å²) in [6, 6.07) is 11.3. The Kier molecular flexibility index (Phi) is 14.9. The molecule has 12 nitrogen and oxygen atoms in total. The predicted molar refractivity (Wildman–Crippen MR) is 143 cm³/mol. The maximum absolute atomic E-state index is 10.8. The minimum Gasteiger partial charge on any atom is -0.373 e. The molecule has 1 N–H and O–H groups in total. The molecule has 0 amide bonds. The summed E-state index contributed by atoms with van der Waals surface area (Å²) in [4.78, 5) is 21.8. The van der Waals surface area contributed by atoms with Crippen molar-refractivity contribution in [1.82, 2.24) is 4.90 Å². The Morgan fingerprint density at radius 1 is 0.947 bits per heavy atom. The van der Waals surface area contributed by atoms with Crippen LogP contribution >= 0.6 is 10.7 Å². The van der Waals surface area contributed by atoms with Crippen molar-refractivity contribution < 1.29 is 32.8 Å². The molecule has 0 bridgehead atoms. The van der Waals surface area contributed by atoms with Gasteiger partial charge in [0, 0.05) is 34.9 Å². The molecular weight excluding hydrogens is 542 g/mol. The van der Waals surface area contributed by atoms with E-state index in [2.05, 4.69) is 30.4 Å². The first-order valence-corrected chi connectivity index (χ1v) is 14.3. The molecule has 2 heterocycles. The lowest BCUT2D eigenvalue weighted by Gasteiger charge is -2.13. The SMILES string of the molecule is CCN(CC)CC.O=[N+]([O-])c1cccc(CC[C@@H]2CO2)c1.O=[N+]([O-])c1cccc(S(=O)(=O)Cl)c1.O[C@@H]1CO1. The summed E-state index contributed by atoms with van der Waals surface area (Å²) in [5, 5.41) is 28.7. The van der Waals surface area contributed by atoms with Crippen molar-refractivity contribution in [3.63, 3.8) is 0 Å². The van der Waals surface area contributed by atoms with Crippen molar-refractivity contribution in [3.8, 4) is 0 Å². The van der Waals surface area contributed by atoms with E-state index in [0.29, 0.717) is 12.7 Å². The molecule has 38 heavy (non-hydrogen) atoms. The molecule has 2 aliphatic heterocycles. The highest BCUT2D eigenvalue weighted by molar-refractivity contribution is 8.13. The van der Waals surface area contributed by atoms with Crippen molar-refractivity contribution in [2.24, 2.45) is 0 Å². The largest absolute Gasteiger partial charge is 0.373 e. The topological polar surface area (TPSA) is 169 Å². The second-order valence-electron chi connectivity index (χ2n) is 8.02. The maximum atomic E-state index is 10.8. The molecule has 4 rings (SSSR count). The number of hydrogen-bond acceptors (Lipinski definition) is 10. The third kappa shape index (κ3) is 14.9. The molecule has 2 aromatic rings. The van der Waals surface area contributed by atoms with Gasteiger partial charge in [0.15, 0.2) is 6.29 Å². The molecule has 0 saturated carbocycles. The zero-order valence-corrected chi connectivity index (χ0v) is 23.1. The highest BCUT2D eigenvalue weighted by Gasteiger charge is 2.21. The minimum atomic E-state index is -3.89. The van der Waals surface area contributed by atoms with E-state index in [4.69, 9.17) is 20.5 Å². The van der Waals surface area contributed by atoms with E-state index in [0.717, 1.165) is 31.1 Å². The maximum Gasteiger partial charge on any atom is 0.270 e. The monoisotopic (exact) mass is 575 g/mol. The summed E-state index contributed by atoms with van der Waals surface area (Å²) in [7, 11) is 1.09. The summed E-state index contributed by atoms with van der Waals surface area (Å²) >= 11 is 0. The van der Waals surface area contributed by atoms with E-state index in [1.165, 1.54) is 43.9 Å². The van der Waals surface area contributed by atoms with Crippen LogP contribution in [0.2, 0.25) is 0 Å². The Morgan fingerprint density at radius 3 is 1.79 bits per heavy atom. The van der Waals surface area contributed by atoms with Crippen molar-refractivity contribution >= 4 is 31.1 Å². The van der Waals surface area contributed by atoms with Gasteiger partial charge in [-0.15, -0.1) is 0 Å². The van der Waals surface area contributed by atoms with Crippen LogP contribution in [0.15, 0.2) is 53.4 Å². The van der Waals surface area contributed by atoms with E-state index in [9.17, 15) is 28.6 Å². The number of nitrogens with zero attached hydrogens (tertiary/aromatic N) is 3. The van der Waals surface area contributed by atoms with Gasteiger partial charge in [0.1, 0.15) is 6.61 Å². The lowest BCUT2D eigenvalue weighted by atomic mass is 10.1. The zero-order chi connectivity index (χ0) is 28.7. The van der Waals surface area contributed by atoms with E-state index in [-0.39, 0.29) is 21.2 Å². The fraction of sp³-hybridized carbons (Fsp3) is 0.500. The fourth-order valence-electron chi connectivity index (χ4n) is 2.85. The number of nitro benzene ring substituents is 2. The third-order valence-electron chi connectivity index (χ3n) is 5.25. The number of aliphatic hydroxyl groups excluding tert-OH is 1. The number of hydrogen-bond donors (Lipinski definition) is 1. The normalized spacial score (nSPS) is 17.0. The van der Waals surface area contributed by atoms with Crippen LogP contribution in [0.5, 0.6) is 0 Å². The summed E-state index contributed by atoms with van der Waals surface area (Å²) < 4.78 is 30.8. The fourth-order valence-corrected chi connectivity index (χ4v) is 3.64. The number of rotatable bonds is 9. The van der Waals surface area contributed by atoms with Gasteiger partial charge in [0.2, 0.25) is 0 Å². The van der Waals surface area contributed by atoms with Crippen LogP contribution in [-0.4, -0.2) is 73.5 Å². The Balaban J connectivity index is 0.000000277. The first kappa shape index (κ1) is 33.3. The number of aliphatic hydroxyl groups is 1. The van der Waals surface area contributed by atoms with Crippen LogP contribution in [0.1, 0.15) is 32.8 Å². The van der Waals surface area contributed by atoms with Crippen molar-refractivity contribution in [2.45, 2.75) is 50.9 Å².